The number of carbonyl (C=O) groups is 1. The van der Waals surface area contributed by atoms with Crippen LogP contribution in [0.15, 0.2) is 47.6 Å². The summed E-state index contributed by atoms with van der Waals surface area (Å²) in [4.78, 5) is 25.4. The number of fused-ring (bicyclic) bond motifs is 1. The SMILES string of the molecule is CN=C(NCCC(=O)N1CCN(c2ccccn2)CC1)NCCc1ccc2c(c1)CCO2.I. The topological polar surface area (TPSA) is 82.1 Å². The van der Waals surface area contributed by atoms with Gasteiger partial charge in [0.2, 0.25) is 5.91 Å². The standard InChI is InChI=1S/C24H32N6O2.HI/c1-25-24(27-11-7-19-5-6-21-20(18-19)9-17-32-21)28-12-8-23(31)30-15-13-29(14-16-30)22-4-2-3-10-26-22;/h2-6,10,18H,7-9,11-17H2,1H3,(H2,25,27,28);1H. The van der Waals surface area contributed by atoms with Gasteiger partial charge in [0.15, 0.2) is 5.96 Å². The minimum atomic E-state index is 0. The van der Waals surface area contributed by atoms with Crippen molar-refractivity contribution in [3.05, 3.63) is 53.7 Å². The molecule has 33 heavy (non-hydrogen) atoms. The molecule has 0 spiro atoms. The van der Waals surface area contributed by atoms with Crippen LogP contribution in [0.3, 0.4) is 0 Å². The number of carbonyl (C=O) groups excluding carboxylic acids is 1. The van der Waals surface area contributed by atoms with Crippen molar-refractivity contribution < 1.29 is 9.53 Å². The van der Waals surface area contributed by atoms with E-state index in [1.165, 1.54) is 11.1 Å². The van der Waals surface area contributed by atoms with Crippen LogP contribution in [-0.2, 0) is 17.6 Å². The van der Waals surface area contributed by atoms with Gasteiger partial charge in [0.1, 0.15) is 11.6 Å². The Labute approximate surface area is 212 Å². The number of piperazine rings is 1. The number of halogens is 1. The number of aliphatic imine (C=N–C) groups is 1. The molecule has 2 aliphatic rings. The first-order valence-electron chi connectivity index (χ1n) is 11.4. The van der Waals surface area contributed by atoms with Crippen molar-refractivity contribution in [2.45, 2.75) is 19.3 Å². The fraction of sp³-hybridized carbons (Fsp3) is 0.458. The average Bonchev–Trinajstić information content (AvgIpc) is 3.31. The highest BCUT2D eigenvalue weighted by atomic mass is 127. The molecular weight excluding hydrogens is 531 g/mol. The molecular formula is C24H33IN6O2. The van der Waals surface area contributed by atoms with Gasteiger partial charge in [-0.1, -0.05) is 18.2 Å². The van der Waals surface area contributed by atoms with E-state index in [1.54, 1.807) is 13.2 Å². The maximum absolute atomic E-state index is 12.6. The van der Waals surface area contributed by atoms with Crippen LogP contribution in [-0.4, -0.2) is 74.7 Å². The lowest BCUT2D eigenvalue weighted by molar-refractivity contribution is -0.131. The van der Waals surface area contributed by atoms with E-state index in [9.17, 15) is 4.79 Å². The van der Waals surface area contributed by atoms with Crippen LogP contribution in [0.5, 0.6) is 5.75 Å². The molecule has 9 heteroatoms. The number of anilines is 1. The Morgan fingerprint density at radius 1 is 1.12 bits per heavy atom. The van der Waals surface area contributed by atoms with Crippen molar-refractivity contribution in [1.29, 1.82) is 0 Å². The average molecular weight is 564 g/mol. The predicted molar refractivity (Wildman–Crippen MR) is 142 cm³/mol. The van der Waals surface area contributed by atoms with Crippen molar-refractivity contribution in [2.24, 2.45) is 4.99 Å². The lowest BCUT2D eigenvalue weighted by atomic mass is 10.1. The Bertz CT molecular complexity index is 932. The summed E-state index contributed by atoms with van der Waals surface area (Å²) in [6, 6.07) is 12.3. The van der Waals surface area contributed by atoms with Crippen molar-refractivity contribution in [2.75, 3.05) is 57.8 Å². The molecule has 4 rings (SSSR count). The highest BCUT2D eigenvalue weighted by Crippen LogP contribution is 2.25. The number of guanidine groups is 1. The van der Waals surface area contributed by atoms with Crippen LogP contribution < -0.4 is 20.3 Å². The first-order valence-corrected chi connectivity index (χ1v) is 11.4. The summed E-state index contributed by atoms with van der Waals surface area (Å²) in [6.45, 7) is 5.22. The normalized spacial score (nSPS) is 15.4. The van der Waals surface area contributed by atoms with E-state index in [-0.39, 0.29) is 29.9 Å². The largest absolute Gasteiger partial charge is 0.493 e. The summed E-state index contributed by atoms with van der Waals surface area (Å²) >= 11 is 0. The second-order valence-electron chi connectivity index (χ2n) is 8.02. The quantitative estimate of drug-likeness (QED) is 0.305. The zero-order chi connectivity index (χ0) is 22.2. The number of aromatic nitrogens is 1. The molecule has 2 aliphatic heterocycles. The maximum Gasteiger partial charge on any atom is 0.224 e. The van der Waals surface area contributed by atoms with Gasteiger partial charge in [-0.05, 0) is 35.7 Å². The summed E-state index contributed by atoms with van der Waals surface area (Å²) < 4.78 is 5.57. The van der Waals surface area contributed by atoms with Crippen molar-refractivity contribution in [3.63, 3.8) is 0 Å². The lowest BCUT2D eigenvalue weighted by Crippen LogP contribution is -2.49. The molecule has 0 aliphatic carbocycles. The van der Waals surface area contributed by atoms with Gasteiger partial charge >= 0.3 is 0 Å². The third-order valence-corrected chi connectivity index (χ3v) is 5.92. The summed E-state index contributed by atoms with van der Waals surface area (Å²) in [5.41, 5.74) is 2.58. The smallest absolute Gasteiger partial charge is 0.224 e. The van der Waals surface area contributed by atoms with E-state index in [4.69, 9.17) is 4.74 Å². The summed E-state index contributed by atoms with van der Waals surface area (Å²) in [7, 11) is 1.75. The number of pyridine rings is 1. The van der Waals surface area contributed by atoms with Gasteiger partial charge in [0, 0.05) is 65.4 Å². The molecule has 2 N–H and O–H groups in total. The first-order chi connectivity index (χ1) is 15.7. The molecule has 178 valence electrons. The number of hydrogen-bond acceptors (Lipinski definition) is 5. The van der Waals surface area contributed by atoms with E-state index in [0.717, 1.165) is 69.7 Å². The Morgan fingerprint density at radius 3 is 2.70 bits per heavy atom. The Kier molecular flexibility index (Phi) is 9.59. The zero-order valence-corrected chi connectivity index (χ0v) is 21.5. The molecule has 0 atom stereocenters. The third kappa shape index (κ3) is 6.96. The minimum absolute atomic E-state index is 0. The van der Waals surface area contributed by atoms with Gasteiger partial charge in [-0.2, -0.15) is 0 Å². The molecule has 1 aromatic carbocycles. The van der Waals surface area contributed by atoms with E-state index in [2.05, 4.69) is 43.7 Å². The lowest BCUT2D eigenvalue weighted by Gasteiger charge is -2.35. The summed E-state index contributed by atoms with van der Waals surface area (Å²) in [5, 5.41) is 6.58. The first kappa shape index (κ1) is 25.1. The van der Waals surface area contributed by atoms with Gasteiger partial charge in [0.25, 0.3) is 0 Å². The summed E-state index contributed by atoms with van der Waals surface area (Å²) in [5.74, 6) is 2.89. The van der Waals surface area contributed by atoms with Gasteiger partial charge in [0.05, 0.1) is 6.61 Å². The molecule has 0 radical (unpaired) electrons. The maximum atomic E-state index is 12.6. The molecule has 1 aromatic heterocycles. The number of hydrogen-bond donors (Lipinski definition) is 2. The molecule has 0 saturated carbocycles. The van der Waals surface area contributed by atoms with Gasteiger partial charge in [-0.25, -0.2) is 4.98 Å². The zero-order valence-electron chi connectivity index (χ0n) is 19.1. The van der Waals surface area contributed by atoms with Crippen LogP contribution in [0.4, 0.5) is 5.82 Å². The van der Waals surface area contributed by atoms with E-state index < -0.39 is 0 Å². The fourth-order valence-corrected chi connectivity index (χ4v) is 4.11. The molecule has 1 saturated heterocycles. The molecule has 1 amide bonds. The third-order valence-electron chi connectivity index (χ3n) is 5.92. The monoisotopic (exact) mass is 564 g/mol. The summed E-state index contributed by atoms with van der Waals surface area (Å²) in [6.07, 6.45) is 4.16. The molecule has 1 fully saturated rings. The van der Waals surface area contributed by atoms with Crippen LogP contribution in [0.1, 0.15) is 17.5 Å². The second-order valence-corrected chi connectivity index (χ2v) is 8.02. The molecule has 0 bridgehead atoms. The molecule has 0 unspecified atom stereocenters. The Morgan fingerprint density at radius 2 is 1.94 bits per heavy atom. The predicted octanol–water partition coefficient (Wildman–Crippen LogP) is 2.08. The molecule has 8 nitrogen and oxygen atoms in total. The molecule has 2 aromatic rings. The van der Waals surface area contributed by atoms with Crippen LogP contribution >= 0.6 is 24.0 Å². The second kappa shape index (κ2) is 12.6. The van der Waals surface area contributed by atoms with Crippen LogP contribution in [0.2, 0.25) is 0 Å². The number of nitrogens with zero attached hydrogens (tertiary/aromatic N) is 4. The van der Waals surface area contributed by atoms with Crippen molar-refractivity contribution in [1.82, 2.24) is 20.5 Å². The number of nitrogens with one attached hydrogen (secondary N) is 2. The fourth-order valence-electron chi connectivity index (χ4n) is 4.11. The van der Waals surface area contributed by atoms with Gasteiger partial charge in [-0.15, -0.1) is 24.0 Å². The number of rotatable bonds is 7. The number of amides is 1. The molecule has 3 heterocycles. The van der Waals surface area contributed by atoms with E-state index in [1.807, 2.05) is 23.1 Å². The number of ether oxygens (including phenoxy) is 1. The minimum Gasteiger partial charge on any atom is -0.493 e. The van der Waals surface area contributed by atoms with Crippen LogP contribution in [0.25, 0.3) is 0 Å². The Balaban J connectivity index is 0.00000306. The van der Waals surface area contributed by atoms with E-state index in [0.29, 0.717) is 13.0 Å². The Hall–Kier alpha value is -2.56. The highest BCUT2D eigenvalue weighted by molar-refractivity contribution is 14.0. The van der Waals surface area contributed by atoms with E-state index >= 15 is 0 Å². The van der Waals surface area contributed by atoms with Crippen molar-refractivity contribution >= 4 is 41.7 Å². The number of benzene rings is 1. The van der Waals surface area contributed by atoms with Crippen molar-refractivity contribution in [3.8, 4) is 5.75 Å². The van der Waals surface area contributed by atoms with Gasteiger partial charge < -0.3 is 25.2 Å². The van der Waals surface area contributed by atoms with Crippen LogP contribution in [0, 0.1) is 0 Å². The van der Waals surface area contributed by atoms with Gasteiger partial charge in [-0.3, -0.25) is 9.79 Å². The highest BCUT2D eigenvalue weighted by Gasteiger charge is 2.21.